The van der Waals surface area contributed by atoms with E-state index in [0.29, 0.717) is 11.8 Å². The first-order valence-electron chi connectivity index (χ1n) is 25.6. The summed E-state index contributed by atoms with van der Waals surface area (Å²) in [5, 5.41) is 0. The fourth-order valence-electron chi connectivity index (χ4n) is 12.0. The van der Waals surface area contributed by atoms with E-state index in [1.807, 2.05) is 0 Å². The number of hydrogen-bond donors (Lipinski definition) is 0. The van der Waals surface area contributed by atoms with E-state index >= 15 is 0 Å². The Morgan fingerprint density at radius 3 is 1.27 bits per heavy atom. The lowest BCUT2D eigenvalue weighted by Gasteiger charge is -2.36. The van der Waals surface area contributed by atoms with Gasteiger partial charge in [-0.2, -0.15) is 0 Å². The number of hydrogen-bond acceptors (Lipinski definition) is 1. The fraction of sp³-hybridized carbons (Fsp3) is 0.354. The number of rotatable bonds is 8. The van der Waals surface area contributed by atoms with Crippen molar-refractivity contribution in [2.45, 2.75) is 147 Å². The van der Waals surface area contributed by atoms with Crippen LogP contribution in [0.4, 0.5) is 17.1 Å². The summed E-state index contributed by atoms with van der Waals surface area (Å²) in [6.45, 7) is 13.9. The monoisotopic (exact) mass is 866 g/mol. The van der Waals surface area contributed by atoms with Crippen LogP contribution in [0.2, 0.25) is 0 Å². The maximum Gasteiger partial charge on any atom is 0.0714 e. The minimum atomic E-state index is -0.517. The molecule has 0 bridgehead atoms. The van der Waals surface area contributed by atoms with Gasteiger partial charge in [-0.05, 0) is 152 Å². The molecule has 0 spiro atoms. The molecule has 0 saturated heterocycles. The van der Waals surface area contributed by atoms with Gasteiger partial charge in [0.05, 0.1) is 5.41 Å². The number of nitrogens with zero attached hydrogens (tertiary/aromatic N) is 1. The molecule has 3 aliphatic carbocycles. The summed E-state index contributed by atoms with van der Waals surface area (Å²) in [5.41, 5.74) is 19.3. The van der Waals surface area contributed by atoms with Gasteiger partial charge in [0, 0.05) is 17.1 Å². The van der Waals surface area contributed by atoms with Gasteiger partial charge < -0.3 is 4.90 Å². The molecule has 336 valence electrons. The van der Waals surface area contributed by atoms with Crippen LogP contribution < -0.4 is 4.90 Å². The van der Waals surface area contributed by atoms with Crippen LogP contribution in [0.25, 0.3) is 22.3 Å². The van der Waals surface area contributed by atoms with Crippen LogP contribution in [-0.4, -0.2) is 0 Å². The molecular formula is C65H71N. The van der Waals surface area contributed by atoms with Crippen LogP contribution in [0.1, 0.15) is 175 Å². The van der Waals surface area contributed by atoms with Gasteiger partial charge in [-0.3, -0.25) is 0 Å². The van der Waals surface area contributed by atoms with Gasteiger partial charge >= 0.3 is 0 Å². The highest BCUT2D eigenvalue weighted by Gasteiger charge is 2.46. The van der Waals surface area contributed by atoms with Crippen LogP contribution in [0.3, 0.4) is 0 Å². The van der Waals surface area contributed by atoms with Crippen molar-refractivity contribution in [3.63, 3.8) is 0 Å². The lowest BCUT2D eigenvalue weighted by molar-refractivity contribution is 0.443. The average molecular weight is 866 g/mol. The third-order valence-electron chi connectivity index (χ3n) is 15.8. The molecule has 7 aromatic rings. The molecule has 66 heavy (non-hydrogen) atoms. The molecule has 0 radical (unpaired) electrons. The molecule has 0 N–H and O–H groups in total. The van der Waals surface area contributed by atoms with Crippen molar-refractivity contribution in [3.05, 3.63) is 208 Å². The molecule has 0 amide bonds. The molecule has 7 aromatic carbocycles. The summed E-state index contributed by atoms with van der Waals surface area (Å²) in [4.78, 5) is 2.51. The fourth-order valence-corrected chi connectivity index (χ4v) is 12.0. The average Bonchev–Trinajstić information content (AvgIpc) is 3.62. The maximum atomic E-state index is 2.53. The maximum absolute atomic E-state index is 2.53. The van der Waals surface area contributed by atoms with Crippen molar-refractivity contribution >= 4 is 17.1 Å². The third-order valence-corrected chi connectivity index (χ3v) is 15.8. The quantitative estimate of drug-likeness (QED) is 0.147. The predicted molar refractivity (Wildman–Crippen MR) is 282 cm³/mol. The molecule has 0 unspecified atom stereocenters. The van der Waals surface area contributed by atoms with Gasteiger partial charge in [-0.1, -0.05) is 220 Å². The van der Waals surface area contributed by atoms with Gasteiger partial charge in [-0.15, -0.1) is 0 Å². The first kappa shape index (κ1) is 44.2. The largest absolute Gasteiger partial charge is 0.310 e. The second-order valence-electron chi connectivity index (χ2n) is 22.2. The van der Waals surface area contributed by atoms with Crippen molar-refractivity contribution < 1.29 is 0 Å². The molecular weight excluding hydrogens is 795 g/mol. The van der Waals surface area contributed by atoms with E-state index in [2.05, 4.69) is 210 Å². The van der Waals surface area contributed by atoms with Crippen molar-refractivity contribution in [2.24, 2.45) is 0 Å². The highest BCUT2D eigenvalue weighted by atomic mass is 15.1. The zero-order valence-electron chi connectivity index (χ0n) is 40.7. The predicted octanol–water partition coefficient (Wildman–Crippen LogP) is 18.7. The number of anilines is 3. The lowest BCUT2D eigenvalue weighted by Crippen LogP contribution is -2.29. The van der Waals surface area contributed by atoms with E-state index in [9.17, 15) is 0 Å². The molecule has 2 saturated carbocycles. The highest BCUT2D eigenvalue weighted by molar-refractivity contribution is 5.89. The minimum Gasteiger partial charge on any atom is -0.310 e. The molecule has 3 aliphatic rings. The summed E-state index contributed by atoms with van der Waals surface area (Å²) in [6, 6.07) is 64.2. The highest BCUT2D eigenvalue weighted by Crippen LogP contribution is 2.57. The first-order valence-corrected chi connectivity index (χ1v) is 25.6. The number of benzene rings is 7. The standard InChI is InChI=1S/C65H71N/c1-63(2,3)52-31-35-54(36-32-52)65(55-37-33-53(34-38-55)64(4,5)6)61-22-16-15-21-59(61)60-44-43-58(45-62(60)65)66(56-39-27-50(28-40-56)47-19-13-10-14-20-47)57-41-29-51(30-42-57)49-25-23-48(24-26-49)46-17-11-8-7-9-12-18-46/h15-16,21-47H,7-14,17-20H2,1-6H3. The van der Waals surface area contributed by atoms with Crippen molar-refractivity contribution in [1.29, 1.82) is 0 Å². The van der Waals surface area contributed by atoms with E-state index in [1.165, 1.54) is 161 Å². The molecule has 0 heterocycles. The summed E-state index contributed by atoms with van der Waals surface area (Å²) >= 11 is 0. The molecule has 1 nitrogen and oxygen atoms in total. The van der Waals surface area contributed by atoms with E-state index < -0.39 is 5.41 Å². The van der Waals surface area contributed by atoms with Crippen LogP contribution in [0.5, 0.6) is 0 Å². The molecule has 0 aromatic heterocycles. The Morgan fingerprint density at radius 1 is 0.379 bits per heavy atom. The molecule has 1 heteroatoms. The summed E-state index contributed by atoms with van der Waals surface area (Å²) < 4.78 is 0. The smallest absolute Gasteiger partial charge is 0.0714 e. The molecule has 0 aliphatic heterocycles. The van der Waals surface area contributed by atoms with Crippen molar-refractivity contribution in [3.8, 4) is 22.3 Å². The lowest BCUT2D eigenvalue weighted by atomic mass is 9.67. The second-order valence-corrected chi connectivity index (χ2v) is 22.2. The van der Waals surface area contributed by atoms with E-state index in [0.717, 1.165) is 0 Å². The Balaban J connectivity index is 1.10. The van der Waals surface area contributed by atoms with E-state index in [1.54, 1.807) is 0 Å². The normalized spacial score (nSPS) is 16.8. The van der Waals surface area contributed by atoms with E-state index in [-0.39, 0.29) is 10.8 Å². The summed E-state index contributed by atoms with van der Waals surface area (Å²) in [5.74, 6) is 1.36. The first-order chi connectivity index (χ1) is 32.0. The van der Waals surface area contributed by atoms with E-state index in [4.69, 9.17) is 0 Å². The third kappa shape index (κ3) is 8.49. The molecule has 0 atom stereocenters. The zero-order valence-corrected chi connectivity index (χ0v) is 40.7. The van der Waals surface area contributed by atoms with Gasteiger partial charge in [0.1, 0.15) is 0 Å². The topological polar surface area (TPSA) is 3.24 Å². The van der Waals surface area contributed by atoms with Crippen molar-refractivity contribution in [1.82, 2.24) is 0 Å². The van der Waals surface area contributed by atoms with Gasteiger partial charge in [0.2, 0.25) is 0 Å². The van der Waals surface area contributed by atoms with Crippen molar-refractivity contribution in [2.75, 3.05) is 4.90 Å². The zero-order chi connectivity index (χ0) is 45.5. The Labute approximate surface area is 397 Å². The SMILES string of the molecule is CC(C)(C)c1ccc(C2(c3ccc(C(C)(C)C)cc3)c3ccccc3-c3ccc(N(c4ccc(-c5ccc(C6CCCCCCC6)cc5)cc4)c4ccc(C5CCCCC5)cc4)cc32)cc1. The summed E-state index contributed by atoms with van der Waals surface area (Å²) in [6.07, 6.45) is 16.2. The van der Waals surface area contributed by atoms with Gasteiger partial charge in [0.15, 0.2) is 0 Å². The van der Waals surface area contributed by atoms with Crippen LogP contribution in [0, 0.1) is 0 Å². The molecule has 10 rings (SSSR count). The Morgan fingerprint density at radius 2 is 0.773 bits per heavy atom. The van der Waals surface area contributed by atoms with Gasteiger partial charge in [0.25, 0.3) is 0 Å². The second kappa shape index (κ2) is 18.2. The molecule has 2 fully saturated rings. The Kier molecular flexibility index (Phi) is 12.2. The Hall–Kier alpha value is -5.66. The summed E-state index contributed by atoms with van der Waals surface area (Å²) in [7, 11) is 0. The van der Waals surface area contributed by atoms with Crippen LogP contribution in [-0.2, 0) is 16.2 Å². The number of fused-ring (bicyclic) bond motifs is 3. The minimum absolute atomic E-state index is 0.0543. The van der Waals surface area contributed by atoms with Gasteiger partial charge in [-0.25, -0.2) is 0 Å². The van der Waals surface area contributed by atoms with Crippen LogP contribution in [0.15, 0.2) is 164 Å². The van der Waals surface area contributed by atoms with Crippen LogP contribution >= 0.6 is 0 Å². The Bertz CT molecular complexity index is 2670.